The van der Waals surface area contributed by atoms with E-state index in [1.54, 1.807) is 23.5 Å². The van der Waals surface area contributed by atoms with Crippen LogP contribution in [0.4, 0.5) is 0 Å². The van der Waals surface area contributed by atoms with Gasteiger partial charge in [0.25, 0.3) is 0 Å². The molecule has 0 bridgehead atoms. The molecule has 132 valence electrons. The number of aromatic nitrogens is 2. The molecule has 0 unspecified atom stereocenters. The molecule has 2 aromatic carbocycles. The third-order valence-electron chi connectivity index (χ3n) is 4.12. The first kappa shape index (κ1) is 17.7. The Bertz CT molecular complexity index is 1170. The lowest BCUT2D eigenvalue weighted by Crippen LogP contribution is -1.98. The minimum atomic E-state index is 0.216. The molecule has 0 N–H and O–H groups in total. The van der Waals surface area contributed by atoms with E-state index in [-0.39, 0.29) is 6.61 Å². The van der Waals surface area contributed by atoms with Crippen LogP contribution in [0.3, 0.4) is 0 Å². The fourth-order valence-electron chi connectivity index (χ4n) is 2.89. The monoisotopic (exact) mass is 388 g/mol. The van der Waals surface area contributed by atoms with Gasteiger partial charge in [-0.15, -0.1) is 18.2 Å². The SMILES string of the molecule is C#CCOc1c(Sc2c(SC)cnc3ccccc23)cnc2ccccc12. The van der Waals surface area contributed by atoms with Crippen LogP contribution in [-0.4, -0.2) is 22.8 Å². The van der Waals surface area contributed by atoms with Crippen molar-refractivity contribution in [3.8, 4) is 18.1 Å². The van der Waals surface area contributed by atoms with Gasteiger partial charge in [0.15, 0.2) is 0 Å². The summed E-state index contributed by atoms with van der Waals surface area (Å²) in [5.41, 5.74) is 1.86. The van der Waals surface area contributed by atoms with Crippen LogP contribution in [-0.2, 0) is 0 Å². The van der Waals surface area contributed by atoms with Gasteiger partial charge in [0.1, 0.15) is 12.4 Å². The van der Waals surface area contributed by atoms with Gasteiger partial charge in [0.05, 0.1) is 15.9 Å². The maximum Gasteiger partial charge on any atom is 0.148 e. The highest BCUT2D eigenvalue weighted by molar-refractivity contribution is 8.02. The van der Waals surface area contributed by atoms with Gasteiger partial charge in [-0.2, -0.15) is 0 Å². The Labute approximate surface area is 166 Å². The number of terminal acetylenes is 1. The maximum atomic E-state index is 5.94. The molecule has 0 atom stereocenters. The van der Waals surface area contributed by atoms with Crippen molar-refractivity contribution < 1.29 is 4.74 Å². The van der Waals surface area contributed by atoms with Gasteiger partial charge in [0, 0.05) is 33.0 Å². The fourth-order valence-corrected chi connectivity index (χ4v) is 4.74. The lowest BCUT2D eigenvalue weighted by atomic mass is 10.2. The van der Waals surface area contributed by atoms with Crippen LogP contribution in [0.15, 0.2) is 75.6 Å². The van der Waals surface area contributed by atoms with Crippen LogP contribution in [0, 0.1) is 12.3 Å². The number of ether oxygens (including phenoxy) is 1. The number of rotatable bonds is 5. The molecule has 0 aliphatic carbocycles. The van der Waals surface area contributed by atoms with Crippen LogP contribution in [0.25, 0.3) is 21.8 Å². The summed E-state index contributed by atoms with van der Waals surface area (Å²) in [4.78, 5) is 12.4. The van der Waals surface area contributed by atoms with Crippen molar-refractivity contribution in [1.29, 1.82) is 0 Å². The summed E-state index contributed by atoms with van der Waals surface area (Å²) in [7, 11) is 0. The molecule has 0 aliphatic heterocycles. The van der Waals surface area contributed by atoms with E-state index in [2.05, 4.69) is 28.2 Å². The van der Waals surface area contributed by atoms with E-state index < -0.39 is 0 Å². The van der Waals surface area contributed by atoms with Gasteiger partial charge in [-0.1, -0.05) is 48.0 Å². The topological polar surface area (TPSA) is 35.0 Å². The molecule has 0 saturated heterocycles. The third kappa shape index (κ3) is 3.46. The quantitative estimate of drug-likeness (QED) is 0.325. The zero-order valence-corrected chi connectivity index (χ0v) is 16.3. The van der Waals surface area contributed by atoms with E-state index in [0.29, 0.717) is 0 Å². The molecule has 4 rings (SSSR count). The summed E-state index contributed by atoms with van der Waals surface area (Å²) in [6.07, 6.45) is 11.3. The van der Waals surface area contributed by atoms with Crippen molar-refractivity contribution in [1.82, 2.24) is 9.97 Å². The second-order valence-electron chi connectivity index (χ2n) is 5.74. The third-order valence-corrected chi connectivity index (χ3v) is 6.15. The Balaban J connectivity index is 1.89. The summed E-state index contributed by atoms with van der Waals surface area (Å²) >= 11 is 3.32. The number of benzene rings is 2. The first-order valence-electron chi connectivity index (χ1n) is 8.35. The summed E-state index contributed by atoms with van der Waals surface area (Å²) in [6, 6.07) is 16.1. The fraction of sp³-hybridized carbons (Fsp3) is 0.0909. The van der Waals surface area contributed by atoms with Gasteiger partial charge < -0.3 is 4.74 Å². The van der Waals surface area contributed by atoms with Crippen LogP contribution in [0.2, 0.25) is 0 Å². The van der Waals surface area contributed by atoms with Crippen molar-refractivity contribution in [3.63, 3.8) is 0 Å². The second-order valence-corrected chi connectivity index (χ2v) is 7.64. The van der Waals surface area contributed by atoms with E-state index in [9.17, 15) is 0 Å². The zero-order valence-electron chi connectivity index (χ0n) is 14.7. The molecule has 27 heavy (non-hydrogen) atoms. The van der Waals surface area contributed by atoms with Crippen molar-refractivity contribution in [2.75, 3.05) is 12.9 Å². The summed E-state index contributed by atoms with van der Waals surface area (Å²) in [6.45, 7) is 0.216. The molecular formula is C22H16N2OS2. The second kappa shape index (κ2) is 7.91. The Morgan fingerprint density at radius 2 is 1.56 bits per heavy atom. The maximum absolute atomic E-state index is 5.94. The minimum Gasteiger partial charge on any atom is -0.479 e. The molecule has 2 aromatic heterocycles. The van der Waals surface area contributed by atoms with Gasteiger partial charge in [-0.3, -0.25) is 9.97 Å². The average Bonchev–Trinajstić information content (AvgIpc) is 2.73. The first-order valence-corrected chi connectivity index (χ1v) is 10.4. The number of pyridine rings is 2. The summed E-state index contributed by atoms with van der Waals surface area (Å²) in [5.74, 6) is 3.33. The van der Waals surface area contributed by atoms with Crippen molar-refractivity contribution in [3.05, 3.63) is 60.9 Å². The normalized spacial score (nSPS) is 10.8. The van der Waals surface area contributed by atoms with Gasteiger partial charge in [-0.25, -0.2) is 0 Å². The van der Waals surface area contributed by atoms with Crippen LogP contribution >= 0.6 is 23.5 Å². The van der Waals surface area contributed by atoms with Gasteiger partial charge in [-0.05, 0) is 24.5 Å². The highest BCUT2D eigenvalue weighted by Gasteiger charge is 2.16. The number of nitrogens with zero attached hydrogens (tertiary/aromatic N) is 2. The predicted octanol–water partition coefficient (Wildman–Crippen LogP) is 5.67. The van der Waals surface area contributed by atoms with E-state index >= 15 is 0 Å². The number of para-hydroxylation sites is 2. The Kier molecular flexibility index (Phi) is 5.19. The molecule has 0 fully saturated rings. The lowest BCUT2D eigenvalue weighted by Gasteiger charge is -2.15. The molecule has 2 heterocycles. The molecule has 0 radical (unpaired) electrons. The smallest absolute Gasteiger partial charge is 0.148 e. The van der Waals surface area contributed by atoms with Crippen molar-refractivity contribution in [2.45, 2.75) is 14.7 Å². The van der Waals surface area contributed by atoms with Crippen molar-refractivity contribution >= 4 is 45.3 Å². The highest BCUT2D eigenvalue weighted by Crippen LogP contribution is 2.44. The number of fused-ring (bicyclic) bond motifs is 2. The van der Waals surface area contributed by atoms with Crippen LogP contribution in [0.1, 0.15) is 0 Å². The molecule has 0 amide bonds. The molecule has 0 spiro atoms. The van der Waals surface area contributed by atoms with Gasteiger partial charge in [0.2, 0.25) is 0 Å². The zero-order chi connectivity index (χ0) is 18.6. The standard InChI is InChI=1S/C22H16N2OS2/c1-3-12-25-21-15-8-4-6-10-17(15)23-13-19(21)27-22-16-9-5-7-11-18(16)24-14-20(22)26-2/h1,4-11,13-14H,12H2,2H3. The summed E-state index contributed by atoms with van der Waals surface area (Å²) in [5, 5.41) is 2.08. The van der Waals surface area contributed by atoms with E-state index in [1.165, 1.54) is 0 Å². The molecular weight excluding hydrogens is 372 g/mol. The Hall–Kier alpha value is -2.68. The molecule has 4 aromatic rings. The average molecular weight is 389 g/mol. The van der Waals surface area contributed by atoms with E-state index in [1.807, 2.05) is 54.9 Å². The largest absolute Gasteiger partial charge is 0.479 e. The van der Waals surface area contributed by atoms with Gasteiger partial charge >= 0.3 is 0 Å². The summed E-state index contributed by atoms with van der Waals surface area (Å²) < 4.78 is 5.94. The number of hydrogen-bond acceptors (Lipinski definition) is 5. The Morgan fingerprint density at radius 1 is 0.926 bits per heavy atom. The molecule has 0 aliphatic rings. The van der Waals surface area contributed by atoms with E-state index in [0.717, 1.165) is 42.2 Å². The molecule has 3 nitrogen and oxygen atoms in total. The lowest BCUT2D eigenvalue weighted by molar-refractivity contribution is 0.366. The highest BCUT2D eigenvalue weighted by atomic mass is 32.2. The molecule has 5 heteroatoms. The van der Waals surface area contributed by atoms with Crippen molar-refractivity contribution in [2.24, 2.45) is 0 Å². The Morgan fingerprint density at radius 3 is 2.26 bits per heavy atom. The number of hydrogen-bond donors (Lipinski definition) is 0. The minimum absolute atomic E-state index is 0.216. The van der Waals surface area contributed by atoms with E-state index in [4.69, 9.17) is 11.2 Å². The van der Waals surface area contributed by atoms with Crippen LogP contribution in [0.5, 0.6) is 5.75 Å². The molecule has 0 saturated carbocycles. The first-order chi connectivity index (χ1) is 13.3. The predicted molar refractivity (Wildman–Crippen MR) is 114 cm³/mol. The van der Waals surface area contributed by atoms with Crippen LogP contribution < -0.4 is 4.74 Å². The number of thioether (sulfide) groups is 1.